The average molecular weight is 399 g/mol. The number of hydrogen-bond acceptors (Lipinski definition) is 5. The van der Waals surface area contributed by atoms with E-state index < -0.39 is 0 Å². The van der Waals surface area contributed by atoms with Gasteiger partial charge in [-0.25, -0.2) is 4.79 Å². The number of nitrogens with one attached hydrogen (secondary N) is 1. The Kier molecular flexibility index (Phi) is 7.05. The number of rotatable bonds is 7. The SMILES string of the molecule is COc1ccc(N2CCN(C(=O)NCCc3ccccc3OC)CC2)c(OC)c1. The lowest BCUT2D eigenvalue weighted by molar-refractivity contribution is 0.194. The van der Waals surface area contributed by atoms with Crippen molar-refractivity contribution in [3.8, 4) is 17.2 Å². The molecule has 0 aliphatic carbocycles. The molecular weight excluding hydrogens is 370 g/mol. The van der Waals surface area contributed by atoms with Gasteiger partial charge in [0.05, 0.1) is 27.0 Å². The molecule has 156 valence electrons. The van der Waals surface area contributed by atoms with E-state index in [0.717, 1.165) is 48.0 Å². The van der Waals surface area contributed by atoms with Gasteiger partial charge in [-0.3, -0.25) is 0 Å². The van der Waals surface area contributed by atoms with Crippen molar-refractivity contribution in [3.05, 3.63) is 48.0 Å². The molecule has 0 bridgehead atoms. The van der Waals surface area contributed by atoms with Crippen LogP contribution in [0.4, 0.5) is 10.5 Å². The Morgan fingerprint density at radius 1 is 0.931 bits per heavy atom. The third kappa shape index (κ3) is 5.04. The van der Waals surface area contributed by atoms with Gasteiger partial charge in [0, 0.05) is 38.8 Å². The van der Waals surface area contributed by atoms with Crippen LogP contribution in [0.1, 0.15) is 5.56 Å². The fraction of sp³-hybridized carbons (Fsp3) is 0.409. The Morgan fingerprint density at radius 3 is 2.34 bits per heavy atom. The lowest BCUT2D eigenvalue weighted by atomic mass is 10.1. The number of ether oxygens (including phenoxy) is 3. The maximum atomic E-state index is 12.5. The monoisotopic (exact) mass is 399 g/mol. The largest absolute Gasteiger partial charge is 0.497 e. The zero-order chi connectivity index (χ0) is 20.6. The van der Waals surface area contributed by atoms with Crippen LogP contribution in [0, 0.1) is 0 Å². The van der Waals surface area contributed by atoms with Crippen molar-refractivity contribution in [2.45, 2.75) is 6.42 Å². The van der Waals surface area contributed by atoms with Crippen LogP contribution in [0.25, 0.3) is 0 Å². The standard InChI is InChI=1S/C22H29N3O4/c1-27-18-8-9-19(21(16-18)29-3)24-12-14-25(15-13-24)22(26)23-11-10-17-6-4-5-7-20(17)28-2/h4-9,16H,10-15H2,1-3H3,(H,23,26). The zero-order valence-corrected chi connectivity index (χ0v) is 17.3. The van der Waals surface area contributed by atoms with E-state index >= 15 is 0 Å². The summed E-state index contributed by atoms with van der Waals surface area (Å²) in [4.78, 5) is 16.6. The van der Waals surface area contributed by atoms with E-state index in [1.165, 1.54) is 0 Å². The van der Waals surface area contributed by atoms with Crippen molar-refractivity contribution in [1.29, 1.82) is 0 Å². The normalized spacial score (nSPS) is 13.8. The summed E-state index contributed by atoms with van der Waals surface area (Å²) < 4.78 is 16.1. The molecule has 0 saturated carbocycles. The van der Waals surface area contributed by atoms with Crippen LogP contribution in [-0.2, 0) is 6.42 Å². The number of amides is 2. The fourth-order valence-corrected chi connectivity index (χ4v) is 3.52. The van der Waals surface area contributed by atoms with Crippen LogP contribution in [0.3, 0.4) is 0 Å². The highest BCUT2D eigenvalue weighted by molar-refractivity contribution is 5.74. The number of methoxy groups -OCH3 is 3. The van der Waals surface area contributed by atoms with Gasteiger partial charge in [0.2, 0.25) is 0 Å². The molecule has 2 aromatic carbocycles. The van der Waals surface area contributed by atoms with E-state index in [-0.39, 0.29) is 6.03 Å². The van der Waals surface area contributed by atoms with Gasteiger partial charge in [0.15, 0.2) is 0 Å². The number of benzene rings is 2. The minimum absolute atomic E-state index is 0.0266. The maximum absolute atomic E-state index is 12.5. The topological polar surface area (TPSA) is 63.3 Å². The third-order valence-electron chi connectivity index (χ3n) is 5.16. The summed E-state index contributed by atoms with van der Waals surface area (Å²) in [7, 11) is 4.96. The number of para-hydroxylation sites is 1. The molecule has 0 atom stereocenters. The second-order valence-corrected chi connectivity index (χ2v) is 6.81. The molecule has 2 amide bonds. The highest BCUT2D eigenvalue weighted by Crippen LogP contribution is 2.32. The van der Waals surface area contributed by atoms with E-state index in [1.807, 2.05) is 47.4 Å². The molecular formula is C22H29N3O4. The van der Waals surface area contributed by atoms with E-state index in [9.17, 15) is 4.79 Å². The first kappa shape index (κ1) is 20.6. The summed E-state index contributed by atoms with van der Waals surface area (Å²) in [5.74, 6) is 2.39. The summed E-state index contributed by atoms with van der Waals surface area (Å²) in [6.07, 6.45) is 0.735. The summed E-state index contributed by atoms with van der Waals surface area (Å²) in [6, 6.07) is 13.7. The average Bonchev–Trinajstić information content (AvgIpc) is 2.79. The minimum Gasteiger partial charge on any atom is -0.497 e. The van der Waals surface area contributed by atoms with Gasteiger partial charge in [-0.1, -0.05) is 18.2 Å². The number of hydrogen-bond donors (Lipinski definition) is 1. The van der Waals surface area contributed by atoms with E-state index in [2.05, 4.69) is 10.2 Å². The lowest BCUT2D eigenvalue weighted by Crippen LogP contribution is -2.52. The molecule has 29 heavy (non-hydrogen) atoms. The number of carbonyl (C=O) groups excluding carboxylic acids is 1. The molecule has 0 aromatic heterocycles. The minimum atomic E-state index is -0.0266. The third-order valence-corrected chi connectivity index (χ3v) is 5.16. The first-order valence-corrected chi connectivity index (χ1v) is 9.78. The van der Waals surface area contributed by atoms with E-state index in [4.69, 9.17) is 14.2 Å². The van der Waals surface area contributed by atoms with Crippen molar-refractivity contribution < 1.29 is 19.0 Å². The molecule has 1 aliphatic rings. The molecule has 0 spiro atoms. The fourth-order valence-electron chi connectivity index (χ4n) is 3.52. The molecule has 2 aromatic rings. The highest BCUT2D eigenvalue weighted by atomic mass is 16.5. The van der Waals surface area contributed by atoms with Gasteiger partial charge < -0.3 is 29.3 Å². The maximum Gasteiger partial charge on any atom is 0.317 e. The van der Waals surface area contributed by atoms with Gasteiger partial charge in [-0.2, -0.15) is 0 Å². The Hall–Kier alpha value is -3.09. The molecule has 1 aliphatic heterocycles. The van der Waals surface area contributed by atoms with Crippen molar-refractivity contribution in [2.75, 3.05) is 59.0 Å². The van der Waals surface area contributed by atoms with E-state index in [1.54, 1.807) is 21.3 Å². The van der Waals surface area contributed by atoms with Gasteiger partial charge in [0.25, 0.3) is 0 Å². The smallest absolute Gasteiger partial charge is 0.317 e. The van der Waals surface area contributed by atoms with Crippen LogP contribution < -0.4 is 24.4 Å². The van der Waals surface area contributed by atoms with Gasteiger partial charge in [-0.15, -0.1) is 0 Å². The number of piperazine rings is 1. The molecule has 3 rings (SSSR count). The first-order chi connectivity index (χ1) is 14.2. The predicted octanol–water partition coefficient (Wildman–Crippen LogP) is 2.79. The van der Waals surface area contributed by atoms with Crippen molar-refractivity contribution in [1.82, 2.24) is 10.2 Å². The molecule has 7 nitrogen and oxygen atoms in total. The second-order valence-electron chi connectivity index (χ2n) is 6.81. The molecule has 1 saturated heterocycles. The van der Waals surface area contributed by atoms with Crippen molar-refractivity contribution in [2.24, 2.45) is 0 Å². The highest BCUT2D eigenvalue weighted by Gasteiger charge is 2.23. The summed E-state index contributed by atoms with van der Waals surface area (Å²) in [6.45, 7) is 3.41. The number of urea groups is 1. The van der Waals surface area contributed by atoms with Crippen LogP contribution in [-0.4, -0.2) is 65.0 Å². The van der Waals surface area contributed by atoms with Crippen LogP contribution in [0.5, 0.6) is 17.2 Å². The zero-order valence-electron chi connectivity index (χ0n) is 17.3. The summed E-state index contributed by atoms with van der Waals surface area (Å²) >= 11 is 0. The molecule has 7 heteroatoms. The summed E-state index contributed by atoms with van der Waals surface area (Å²) in [5.41, 5.74) is 2.11. The Bertz CT molecular complexity index is 819. The Balaban J connectivity index is 1.49. The van der Waals surface area contributed by atoms with Gasteiger partial charge in [0.1, 0.15) is 17.2 Å². The van der Waals surface area contributed by atoms with Crippen molar-refractivity contribution >= 4 is 11.7 Å². The predicted molar refractivity (Wildman–Crippen MR) is 113 cm³/mol. The summed E-state index contributed by atoms with van der Waals surface area (Å²) in [5, 5.41) is 3.02. The van der Waals surface area contributed by atoms with Crippen LogP contribution in [0.2, 0.25) is 0 Å². The van der Waals surface area contributed by atoms with Crippen LogP contribution in [0.15, 0.2) is 42.5 Å². The number of nitrogens with zero attached hydrogens (tertiary/aromatic N) is 2. The molecule has 1 heterocycles. The first-order valence-electron chi connectivity index (χ1n) is 9.78. The number of anilines is 1. The second kappa shape index (κ2) is 9.91. The molecule has 1 N–H and O–H groups in total. The number of carbonyl (C=O) groups is 1. The van der Waals surface area contributed by atoms with E-state index in [0.29, 0.717) is 19.6 Å². The molecule has 0 radical (unpaired) electrons. The van der Waals surface area contributed by atoms with Gasteiger partial charge in [-0.05, 0) is 30.2 Å². The quantitative estimate of drug-likeness (QED) is 0.776. The van der Waals surface area contributed by atoms with Gasteiger partial charge >= 0.3 is 6.03 Å². The Morgan fingerprint density at radius 2 is 1.66 bits per heavy atom. The molecule has 0 unspecified atom stereocenters. The Labute approximate surface area is 172 Å². The lowest BCUT2D eigenvalue weighted by Gasteiger charge is -2.36. The van der Waals surface area contributed by atoms with Crippen molar-refractivity contribution in [3.63, 3.8) is 0 Å². The van der Waals surface area contributed by atoms with Crippen LogP contribution >= 0.6 is 0 Å². The molecule has 1 fully saturated rings.